The molecule has 0 unspecified atom stereocenters. The molecule has 0 aliphatic heterocycles. The van der Waals surface area contributed by atoms with Crippen LogP contribution >= 0.6 is 34.5 Å². The highest BCUT2D eigenvalue weighted by Crippen LogP contribution is 2.41. The molecule has 2 heterocycles. The molecule has 0 aromatic carbocycles. The first-order chi connectivity index (χ1) is 12.8. The van der Waals surface area contributed by atoms with Gasteiger partial charge in [-0.05, 0) is 17.6 Å². The number of amides is 1. The molecule has 140 valence electrons. The summed E-state index contributed by atoms with van der Waals surface area (Å²) in [6.07, 6.45) is -3.73. The van der Waals surface area contributed by atoms with Gasteiger partial charge in [-0.15, -0.1) is 5.12 Å². The number of anilines is 2. The highest BCUT2D eigenvalue weighted by atomic mass is 127. The minimum Gasteiger partial charge on any atom is -0.407 e. The van der Waals surface area contributed by atoms with Gasteiger partial charge in [-0.25, -0.2) is 4.98 Å². The Morgan fingerprint density at radius 3 is 2.63 bits per heavy atom. The van der Waals surface area contributed by atoms with Crippen molar-refractivity contribution in [3.63, 3.8) is 0 Å². The molecule has 0 aliphatic carbocycles. The molecule has 1 N–H and O–H groups in total. The van der Waals surface area contributed by atoms with Crippen molar-refractivity contribution in [2.75, 3.05) is 10.4 Å². The van der Waals surface area contributed by atoms with E-state index in [1.807, 2.05) is 0 Å². The van der Waals surface area contributed by atoms with Crippen LogP contribution in [-0.2, 0) is 6.18 Å². The molecule has 0 saturated heterocycles. The first kappa shape index (κ1) is 20.5. The van der Waals surface area contributed by atoms with Crippen LogP contribution in [0.5, 0.6) is 5.88 Å². The number of hydrogen-bond acceptors (Lipinski definition) is 9. The summed E-state index contributed by atoms with van der Waals surface area (Å²) >= 11 is 1.57. The fourth-order valence-electron chi connectivity index (χ4n) is 1.87. The third-order valence-corrected chi connectivity index (χ3v) is 4.17. The zero-order valence-corrected chi connectivity index (χ0v) is 16.0. The lowest BCUT2D eigenvalue weighted by molar-refractivity contribution is -0.138. The molecule has 0 bridgehead atoms. The first-order valence-corrected chi connectivity index (χ1v) is 8.22. The van der Waals surface area contributed by atoms with Crippen LogP contribution in [0, 0.1) is 11.3 Å². The smallest absolute Gasteiger partial charge is 0.407 e. The number of nitriles is 1. The van der Waals surface area contributed by atoms with E-state index < -0.39 is 28.4 Å². The van der Waals surface area contributed by atoms with Gasteiger partial charge in [-0.3, -0.25) is 4.79 Å². The predicted molar refractivity (Wildman–Crippen MR) is 100 cm³/mol. The molecule has 9 nitrogen and oxygen atoms in total. The number of carbonyl (C=O) groups excluding carboxylic acids is 1. The van der Waals surface area contributed by atoms with Crippen LogP contribution in [0.1, 0.15) is 20.8 Å². The van der Waals surface area contributed by atoms with E-state index in [0.29, 0.717) is 11.5 Å². The Kier molecular flexibility index (Phi) is 6.28. The van der Waals surface area contributed by atoms with Crippen LogP contribution in [0.2, 0.25) is 0 Å². The second-order valence-corrected chi connectivity index (χ2v) is 5.71. The van der Waals surface area contributed by atoms with E-state index >= 15 is 0 Å². The predicted octanol–water partition coefficient (Wildman–Crippen LogP) is 3.45. The standard InChI is InChI=1S/C13H7F3IN7O2S/c1-19-24(20-2)10-6(4-18)3-7(5-21-10)22-11(25)9-8(13(14,15)16)12(26-17)23-27-9/h3,5H,1-2H2,(H,22,25). The van der Waals surface area contributed by atoms with Crippen molar-refractivity contribution in [2.45, 2.75) is 6.18 Å². The quantitative estimate of drug-likeness (QED) is 0.363. The van der Waals surface area contributed by atoms with Gasteiger partial charge in [0.25, 0.3) is 5.91 Å². The molecule has 14 heteroatoms. The van der Waals surface area contributed by atoms with Crippen molar-refractivity contribution in [3.05, 3.63) is 28.3 Å². The van der Waals surface area contributed by atoms with E-state index in [0.717, 1.165) is 11.3 Å². The Labute approximate surface area is 168 Å². The van der Waals surface area contributed by atoms with E-state index in [2.05, 4.69) is 41.4 Å². The molecular formula is C13H7F3IN7O2S. The summed E-state index contributed by atoms with van der Waals surface area (Å²) in [7, 11) is 0. The number of aromatic nitrogens is 2. The average molecular weight is 509 g/mol. The summed E-state index contributed by atoms with van der Waals surface area (Å²) in [4.78, 5) is 15.5. The van der Waals surface area contributed by atoms with Crippen LogP contribution < -0.4 is 13.5 Å². The third kappa shape index (κ3) is 4.31. The Bertz CT molecular complexity index is 933. The van der Waals surface area contributed by atoms with E-state index in [1.54, 1.807) is 6.07 Å². The number of pyridine rings is 1. The molecule has 2 aromatic heterocycles. The number of rotatable bonds is 6. The van der Waals surface area contributed by atoms with Crippen LogP contribution in [0.4, 0.5) is 24.7 Å². The highest BCUT2D eigenvalue weighted by Gasteiger charge is 2.42. The molecule has 0 atom stereocenters. The second-order valence-electron chi connectivity index (χ2n) is 4.50. The number of nitrogens with zero attached hydrogens (tertiary/aromatic N) is 6. The van der Waals surface area contributed by atoms with Crippen LogP contribution in [-0.4, -0.2) is 28.7 Å². The molecule has 0 spiro atoms. The van der Waals surface area contributed by atoms with Gasteiger partial charge in [0.05, 0.1) is 11.9 Å². The molecule has 27 heavy (non-hydrogen) atoms. The first-order valence-electron chi connectivity index (χ1n) is 6.57. The van der Waals surface area contributed by atoms with Gasteiger partial charge < -0.3 is 8.38 Å². The van der Waals surface area contributed by atoms with Crippen molar-refractivity contribution in [2.24, 2.45) is 10.2 Å². The van der Waals surface area contributed by atoms with Crippen molar-refractivity contribution in [3.8, 4) is 11.9 Å². The molecule has 0 radical (unpaired) electrons. The Morgan fingerprint density at radius 1 is 1.44 bits per heavy atom. The maximum absolute atomic E-state index is 13.2. The molecule has 0 aliphatic rings. The van der Waals surface area contributed by atoms with Gasteiger partial charge in [0.15, 0.2) is 28.8 Å². The average Bonchev–Trinajstić information content (AvgIpc) is 3.08. The Morgan fingerprint density at radius 2 is 2.11 bits per heavy atom. The zero-order valence-electron chi connectivity index (χ0n) is 13.0. The molecule has 1 amide bonds. The fourth-order valence-corrected chi connectivity index (χ4v) is 3.05. The topological polar surface area (TPSA) is 116 Å². The van der Waals surface area contributed by atoms with Crippen LogP contribution in [0.25, 0.3) is 0 Å². The lowest BCUT2D eigenvalue weighted by Gasteiger charge is -2.13. The number of halogens is 4. The SMILES string of the molecule is C=NN(N=C)c1ncc(NC(=O)c2snc(OI)c2C(F)(F)F)cc1C#N. The summed E-state index contributed by atoms with van der Waals surface area (Å²) in [6.45, 7) is 6.47. The van der Waals surface area contributed by atoms with Crippen molar-refractivity contribution in [1.29, 1.82) is 5.26 Å². The lowest BCUT2D eigenvalue weighted by Crippen LogP contribution is -2.17. The van der Waals surface area contributed by atoms with Gasteiger partial charge in [0, 0.05) is 13.4 Å². The van der Waals surface area contributed by atoms with E-state index in [9.17, 15) is 23.2 Å². The molecule has 0 fully saturated rings. The maximum atomic E-state index is 13.2. The normalized spacial score (nSPS) is 10.6. The van der Waals surface area contributed by atoms with Gasteiger partial charge >= 0.3 is 6.18 Å². The van der Waals surface area contributed by atoms with Crippen molar-refractivity contribution >= 4 is 65.4 Å². The van der Waals surface area contributed by atoms with E-state index in [1.165, 1.54) is 29.1 Å². The van der Waals surface area contributed by atoms with Crippen molar-refractivity contribution in [1.82, 2.24) is 9.36 Å². The van der Waals surface area contributed by atoms with Crippen LogP contribution in [0.15, 0.2) is 22.5 Å². The highest BCUT2D eigenvalue weighted by molar-refractivity contribution is 14.1. The number of carbonyl (C=O) groups is 1. The molecule has 2 aromatic rings. The largest absolute Gasteiger partial charge is 0.423 e. The minimum atomic E-state index is -4.84. The van der Waals surface area contributed by atoms with Gasteiger partial charge in [0.1, 0.15) is 22.1 Å². The van der Waals surface area contributed by atoms with E-state index in [-0.39, 0.29) is 17.1 Å². The number of hydrogen-bond donors (Lipinski definition) is 1. The lowest BCUT2D eigenvalue weighted by atomic mass is 10.2. The number of hydrazone groups is 2. The summed E-state index contributed by atoms with van der Waals surface area (Å²) in [6, 6.07) is 2.99. The molecular weight excluding hydrogens is 502 g/mol. The maximum Gasteiger partial charge on any atom is 0.423 e. The molecule has 2 rings (SSSR count). The summed E-state index contributed by atoms with van der Waals surface area (Å²) < 4.78 is 47.5. The monoisotopic (exact) mass is 509 g/mol. The molecule has 0 saturated carbocycles. The van der Waals surface area contributed by atoms with Gasteiger partial charge in [-0.2, -0.15) is 33.0 Å². The summed E-state index contributed by atoms with van der Waals surface area (Å²) in [5.74, 6) is -1.82. The van der Waals surface area contributed by atoms with Gasteiger partial charge in [-0.1, -0.05) is 0 Å². The number of nitrogens with one attached hydrogen (secondary N) is 1. The second kappa shape index (κ2) is 8.26. The van der Waals surface area contributed by atoms with Crippen molar-refractivity contribution < 1.29 is 21.0 Å². The summed E-state index contributed by atoms with van der Waals surface area (Å²) in [5, 5.41) is 19.3. The zero-order chi connectivity index (χ0) is 20.2. The van der Waals surface area contributed by atoms with E-state index in [4.69, 9.17) is 0 Å². The van der Waals surface area contributed by atoms with Gasteiger partial charge in [0.2, 0.25) is 5.88 Å². The minimum absolute atomic E-state index is 0.0186. The summed E-state index contributed by atoms with van der Waals surface area (Å²) in [5.41, 5.74) is -1.38. The Balaban J connectivity index is 2.37. The Hall–Kier alpha value is -2.80. The number of alkyl halides is 3. The van der Waals surface area contributed by atoms with Crippen LogP contribution in [0.3, 0.4) is 0 Å². The fraction of sp³-hybridized carbons (Fsp3) is 0.0769. The third-order valence-electron chi connectivity index (χ3n) is 2.93.